The van der Waals surface area contributed by atoms with Crippen molar-refractivity contribution in [2.24, 2.45) is 0 Å². The first kappa shape index (κ1) is 12.2. The van der Waals surface area contributed by atoms with Crippen molar-refractivity contribution in [1.29, 1.82) is 0 Å². The number of pyridine rings is 1. The first-order valence-electron chi connectivity index (χ1n) is 5.73. The van der Waals surface area contributed by atoms with Crippen molar-refractivity contribution in [3.8, 4) is 11.5 Å². The SMILES string of the molecule is Cc1cc(N)ccc1Oc1ccc(N(C)C)nc1. The van der Waals surface area contributed by atoms with Gasteiger partial charge in [-0.3, -0.25) is 0 Å². The summed E-state index contributed by atoms with van der Waals surface area (Å²) < 4.78 is 5.76. The van der Waals surface area contributed by atoms with Crippen LogP contribution in [-0.2, 0) is 0 Å². The van der Waals surface area contributed by atoms with E-state index in [2.05, 4.69) is 4.98 Å². The third-order valence-corrected chi connectivity index (χ3v) is 2.61. The lowest BCUT2D eigenvalue weighted by Crippen LogP contribution is -2.09. The lowest BCUT2D eigenvalue weighted by atomic mass is 10.2. The Bertz CT molecular complexity index is 535. The molecule has 2 N–H and O–H groups in total. The summed E-state index contributed by atoms with van der Waals surface area (Å²) in [5.74, 6) is 2.41. The average molecular weight is 243 g/mol. The monoisotopic (exact) mass is 243 g/mol. The Balaban J connectivity index is 2.18. The number of ether oxygens (including phenoxy) is 1. The molecular formula is C14H17N3O. The fraction of sp³-hybridized carbons (Fsp3) is 0.214. The summed E-state index contributed by atoms with van der Waals surface area (Å²) in [6.45, 7) is 1.97. The Hall–Kier alpha value is -2.23. The number of hydrogen-bond acceptors (Lipinski definition) is 4. The van der Waals surface area contributed by atoms with Crippen LogP contribution in [0.2, 0.25) is 0 Å². The molecular weight excluding hydrogens is 226 g/mol. The first-order chi connectivity index (χ1) is 8.56. The van der Waals surface area contributed by atoms with Crippen molar-refractivity contribution < 1.29 is 4.74 Å². The molecule has 4 heteroatoms. The van der Waals surface area contributed by atoms with Crippen LogP contribution in [0.5, 0.6) is 11.5 Å². The van der Waals surface area contributed by atoms with Gasteiger partial charge in [0, 0.05) is 19.8 Å². The number of nitrogens with two attached hydrogens (primary N) is 1. The fourth-order valence-corrected chi connectivity index (χ4v) is 1.61. The van der Waals surface area contributed by atoms with E-state index in [0.717, 1.165) is 22.8 Å². The molecule has 2 rings (SSSR count). The number of hydrogen-bond donors (Lipinski definition) is 1. The van der Waals surface area contributed by atoms with Gasteiger partial charge >= 0.3 is 0 Å². The molecule has 0 aliphatic rings. The highest BCUT2D eigenvalue weighted by Crippen LogP contribution is 2.26. The summed E-state index contributed by atoms with van der Waals surface area (Å²) in [4.78, 5) is 6.24. The Kier molecular flexibility index (Phi) is 3.37. The summed E-state index contributed by atoms with van der Waals surface area (Å²) >= 11 is 0. The highest BCUT2D eigenvalue weighted by atomic mass is 16.5. The minimum atomic E-state index is 0.716. The highest BCUT2D eigenvalue weighted by Gasteiger charge is 2.03. The summed E-state index contributed by atoms with van der Waals surface area (Å²) in [6, 6.07) is 9.39. The second kappa shape index (κ2) is 4.96. The maximum Gasteiger partial charge on any atom is 0.145 e. The van der Waals surface area contributed by atoms with Crippen molar-refractivity contribution in [2.75, 3.05) is 24.7 Å². The van der Waals surface area contributed by atoms with Gasteiger partial charge in [-0.05, 0) is 42.8 Å². The Morgan fingerprint density at radius 2 is 1.94 bits per heavy atom. The van der Waals surface area contributed by atoms with E-state index in [0.29, 0.717) is 5.75 Å². The van der Waals surface area contributed by atoms with E-state index < -0.39 is 0 Å². The van der Waals surface area contributed by atoms with Crippen LogP contribution >= 0.6 is 0 Å². The molecule has 4 nitrogen and oxygen atoms in total. The maximum absolute atomic E-state index is 5.76. The number of nitrogens with zero attached hydrogens (tertiary/aromatic N) is 2. The van der Waals surface area contributed by atoms with Crippen LogP contribution < -0.4 is 15.4 Å². The first-order valence-corrected chi connectivity index (χ1v) is 5.73. The molecule has 0 unspecified atom stereocenters. The molecule has 94 valence electrons. The lowest BCUT2D eigenvalue weighted by molar-refractivity contribution is 0.476. The smallest absolute Gasteiger partial charge is 0.145 e. The van der Waals surface area contributed by atoms with Crippen LogP contribution in [-0.4, -0.2) is 19.1 Å². The van der Waals surface area contributed by atoms with Gasteiger partial charge in [0.15, 0.2) is 0 Å². The third kappa shape index (κ3) is 2.71. The number of nitrogen functional groups attached to an aromatic ring is 1. The van der Waals surface area contributed by atoms with Crippen LogP contribution in [0.15, 0.2) is 36.5 Å². The molecule has 1 heterocycles. The molecule has 0 spiro atoms. The van der Waals surface area contributed by atoms with Gasteiger partial charge in [0.05, 0.1) is 6.20 Å². The van der Waals surface area contributed by atoms with E-state index in [4.69, 9.17) is 10.5 Å². The molecule has 0 bridgehead atoms. The minimum absolute atomic E-state index is 0.716. The van der Waals surface area contributed by atoms with Gasteiger partial charge in [-0.1, -0.05) is 0 Å². The van der Waals surface area contributed by atoms with Gasteiger partial charge < -0.3 is 15.4 Å². The van der Waals surface area contributed by atoms with Crippen molar-refractivity contribution in [2.45, 2.75) is 6.92 Å². The van der Waals surface area contributed by atoms with Gasteiger partial charge in [0.2, 0.25) is 0 Å². The largest absolute Gasteiger partial charge is 0.455 e. The lowest BCUT2D eigenvalue weighted by Gasteiger charge is -2.12. The number of aromatic nitrogens is 1. The van der Waals surface area contributed by atoms with Crippen LogP contribution in [0, 0.1) is 6.92 Å². The standard InChI is InChI=1S/C14H17N3O/c1-10-8-11(15)4-6-13(10)18-12-5-7-14(16-9-12)17(2)3/h4-9H,15H2,1-3H3. The maximum atomic E-state index is 5.76. The van der Waals surface area contributed by atoms with Gasteiger partial charge in [0.25, 0.3) is 0 Å². The molecule has 0 radical (unpaired) electrons. The molecule has 0 atom stereocenters. The topological polar surface area (TPSA) is 51.4 Å². The van der Waals surface area contributed by atoms with Crippen molar-refractivity contribution >= 4 is 11.5 Å². The molecule has 18 heavy (non-hydrogen) atoms. The Labute approximate surface area is 107 Å². The molecule has 0 fully saturated rings. The minimum Gasteiger partial charge on any atom is -0.455 e. The normalized spacial score (nSPS) is 10.2. The highest BCUT2D eigenvalue weighted by molar-refractivity contribution is 5.48. The second-order valence-corrected chi connectivity index (χ2v) is 4.37. The zero-order valence-electron chi connectivity index (χ0n) is 10.8. The van der Waals surface area contributed by atoms with E-state index in [1.54, 1.807) is 6.20 Å². The van der Waals surface area contributed by atoms with Crippen molar-refractivity contribution in [3.05, 3.63) is 42.1 Å². The average Bonchev–Trinajstić information content (AvgIpc) is 2.33. The quantitative estimate of drug-likeness (QED) is 0.842. The van der Waals surface area contributed by atoms with Gasteiger partial charge in [0.1, 0.15) is 17.3 Å². The molecule has 0 saturated carbocycles. The third-order valence-electron chi connectivity index (χ3n) is 2.61. The Morgan fingerprint density at radius 3 is 2.50 bits per heavy atom. The van der Waals surface area contributed by atoms with Crippen LogP contribution in [0.25, 0.3) is 0 Å². The molecule has 0 aliphatic heterocycles. The van der Waals surface area contributed by atoms with E-state index in [9.17, 15) is 0 Å². The van der Waals surface area contributed by atoms with Crippen LogP contribution in [0.4, 0.5) is 11.5 Å². The number of rotatable bonds is 3. The second-order valence-electron chi connectivity index (χ2n) is 4.37. The van der Waals surface area contributed by atoms with Crippen LogP contribution in [0.1, 0.15) is 5.56 Å². The van der Waals surface area contributed by atoms with E-state index >= 15 is 0 Å². The molecule has 0 saturated heterocycles. The number of aryl methyl sites for hydroxylation is 1. The summed E-state index contributed by atoms with van der Waals surface area (Å²) in [5, 5.41) is 0. The fourth-order valence-electron chi connectivity index (χ4n) is 1.61. The van der Waals surface area contributed by atoms with Crippen molar-refractivity contribution in [1.82, 2.24) is 4.98 Å². The molecule has 2 aromatic rings. The summed E-state index contributed by atoms with van der Waals surface area (Å²) in [6.07, 6.45) is 1.71. The Morgan fingerprint density at radius 1 is 1.17 bits per heavy atom. The van der Waals surface area contributed by atoms with Crippen LogP contribution in [0.3, 0.4) is 0 Å². The van der Waals surface area contributed by atoms with Gasteiger partial charge in [-0.2, -0.15) is 0 Å². The van der Waals surface area contributed by atoms with E-state index in [1.165, 1.54) is 0 Å². The number of anilines is 2. The summed E-state index contributed by atoms with van der Waals surface area (Å²) in [5.41, 5.74) is 7.44. The predicted octanol–water partition coefficient (Wildman–Crippen LogP) is 2.83. The zero-order valence-corrected chi connectivity index (χ0v) is 10.8. The molecule has 0 aliphatic carbocycles. The van der Waals surface area contributed by atoms with E-state index in [-0.39, 0.29) is 0 Å². The molecule has 1 aromatic heterocycles. The summed E-state index contributed by atoms with van der Waals surface area (Å²) in [7, 11) is 3.90. The molecule has 0 amide bonds. The van der Waals surface area contributed by atoms with Gasteiger partial charge in [-0.15, -0.1) is 0 Å². The molecule has 1 aromatic carbocycles. The van der Waals surface area contributed by atoms with Crippen molar-refractivity contribution in [3.63, 3.8) is 0 Å². The van der Waals surface area contributed by atoms with Gasteiger partial charge in [-0.25, -0.2) is 4.98 Å². The number of benzene rings is 1. The van der Waals surface area contributed by atoms with E-state index in [1.807, 2.05) is 56.3 Å². The predicted molar refractivity (Wildman–Crippen MR) is 74.2 cm³/mol. The zero-order chi connectivity index (χ0) is 13.1.